The third-order valence-electron chi connectivity index (χ3n) is 6.64. The summed E-state index contributed by atoms with van der Waals surface area (Å²) in [7, 11) is 1.39. The summed E-state index contributed by atoms with van der Waals surface area (Å²) < 4.78 is 7.05. The summed E-state index contributed by atoms with van der Waals surface area (Å²) in [5, 5.41) is 4.22. The number of rotatable bonds is 6. The van der Waals surface area contributed by atoms with Crippen LogP contribution in [0.5, 0.6) is 0 Å². The van der Waals surface area contributed by atoms with Gasteiger partial charge in [0.1, 0.15) is 0 Å². The highest BCUT2D eigenvalue weighted by Crippen LogP contribution is 2.42. The van der Waals surface area contributed by atoms with E-state index in [0.717, 1.165) is 28.3 Å². The van der Waals surface area contributed by atoms with Crippen LogP contribution >= 0.6 is 12.2 Å². The summed E-state index contributed by atoms with van der Waals surface area (Å²) in [6.07, 6.45) is 5.42. The zero-order valence-electron chi connectivity index (χ0n) is 20.4. The first-order valence-electron chi connectivity index (χ1n) is 11.7. The van der Waals surface area contributed by atoms with Gasteiger partial charge in [-0.05, 0) is 91.8 Å². The van der Waals surface area contributed by atoms with E-state index in [2.05, 4.69) is 44.7 Å². The number of hydrogen-bond donors (Lipinski definition) is 1. The van der Waals surface area contributed by atoms with Crippen molar-refractivity contribution in [1.29, 1.82) is 0 Å². The highest BCUT2D eigenvalue weighted by atomic mass is 32.1. The molecule has 0 bridgehead atoms. The Labute approximate surface area is 215 Å². The molecule has 3 aromatic heterocycles. The van der Waals surface area contributed by atoms with Gasteiger partial charge in [-0.15, -0.1) is 0 Å². The number of carbonyl (C=O) groups excluding carboxylic acids is 1. The Balaban J connectivity index is 1.58. The van der Waals surface area contributed by atoms with Crippen LogP contribution in [-0.2, 0) is 11.3 Å². The van der Waals surface area contributed by atoms with E-state index < -0.39 is 0 Å². The lowest BCUT2D eigenvalue weighted by Crippen LogP contribution is -2.29. The molecule has 7 nitrogen and oxygen atoms in total. The smallest absolute Gasteiger partial charge is 0.337 e. The number of thiocarbonyl (C=S) groups is 1. The highest BCUT2D eigenvalue weighted by molar-refractivity contribution is 7.80. The Hall–Kier alpha value is -4.04. The fourth-order valence-corrected chi connectivity index (χ4v) is 5.25. The lowest BCUT2D eigenvalue weighted by molar-refractivity contribution is 0.0600. The SMILES string of the molecule is COC(=O)c1ccc(-n2c(C)cc([C@@H]3[C@@H](c4ccccn4)NC(=S)N3Cc3ccncc3)c2C)cc1. The molecule has 0 radical (unpaired) electrons. The van der Waals surface area contributed by atoms with Crippen molar-refractivity contribution in [2.24, 2.45) is 0 Å². The zero-order valence-corrected chi connectivity index (χ0v) is 21.2. The number of aromatic nitrogens is 3. The van der Waals surface area contributed by atoms with Crippen molar-refractivity contribution in [3.8, 4) is 5.69 Å². The summed E-state index contributed by atoms with van der Waals surface area (Å²) in [5.74, 6) is -0.348. The van der Waals surface area contributed by atoms with Crippen molar-refractivity contribution in [1.82, 2.24) is 24.8 Å². The number of ether oxygens (including phenoxy) is 1. The van der Waals surface area contributed by atoms with Gasteiger partial charge in [0, 0.05) is 42.2 Å². The van der Waals surface area contributed by atoms with E-state index in [4.69, 9.17) is 17.0 Å². The predicted octanol–water partition coefficient (Wildman–Crippen LogP) is 4.84. The van der Waals surface area contributed by atoms with E-state index in [1.807, 2.05) is 48.7 Å². The molecule has 0 spiro atoms. The zero-order chi connectivity index (χ0) is 25.2. The average molecular weight is 498 g/mol. The average Bonchev–Trinajstić information content (AvgIpc) is 3.39. The van der Waals surface area contributed by atoms with Crippen LogP contribution in [0.3, 0.4) is 0 Å². The number of hydrogen-bond acceptors (Lipinski definition) is 5. The maximum Gasteiger partial charge on any atom is 0.337 e. The van der Waals surface area contributed by atoms with E-state index in [9.17, 15) is 4.79 Å². The molecule has 2 atom stereocenters. The minimum absolute atomic E-state index is 0.0603. The Morgan fingerprint density at radius 2 is 1.81 bits per heavy atom. The van der Waals surface area contributed by atoms with Crippen molar-refractivity contribution >= 4 is 23.3 Å². The van der Waals surface area contributed by atoms with Gasteiger partial charge < -0.3 is 19.5 Å². The largest absolute Gasteiger partial charge is 0.465 e. The first kappa shape index (κ1) is 23.7. The van der Waals surface area contributed by atoms with Gasteiger partial charge >= 0.3 is 5.97 Å². The lowest BCUT2D eigenvalue weighted by Gasteiger charge is -2.28. The van der Waals surface area contributed by atoms with Gasteiger partial charge in [-0.2, -0.15) is 0 Å². The van der Waals surface area contributed by atoms with Crippen LogP contribution in [0.25, 0.3) is 5.69 Å². The number of nitrogens with one attached hydrogen (secondary N) is 1. The Bertz CT molecular complexity index is 1390. The topological polar surface area (TPSA) is 72.3 Å². The van der Waals surface area contributed by atoms with Crippen LogP contribution in [0.1, 0.15) is 50.7 Å². The van der Waals surface area contributed by atoms with Gasteiger partial charge in [0.05, 0.1) is 30.5 Å². The van der Waals surface area contributed by atoms with Crippen LogP contribution in [0.15, 0.2) is 79.3 Å². The normalized spacial score (nSPS) is 17.2. The monoisotopic (exact) mass is 497 g/mol. The number of carbonyl (C=O) groups is 1. The van der Waals surface area contributed by atoms with Gasteiger partial charge in [0.25, 0.3) is 0 Å². The minimum Gasteiger partial charge on any atom is -0.465 e. The molecule has 8 heteroatoms. The molecule has 1 fully saturated rings. The lowest BCUT2D eigenvalue weighted by atomic mass is 9.96. The molecule has 0 unspecified atom stereocenters. The summed E-state index contributed by atoms with van der Waals surface area (Å²) in [6, 6.07) is 19.5. The van der Waals surface area contributed by atoms with Gasteiger partial charge in [-0.3, -0.25) is 9.97 Å². The number of benzene rings is 1. The molecular formula is C28H27N5O2S. The Morgan fingerprint density at radius 1 is 1.06 bits per heavy atom. The van der Waals surface area contributed by atoms with Gasteiger partial charge in [-0.25, -0.2) is 4.79 Å². The van der Waals surface area contributed by atoms with E-state index in [1.165, 1.54) is 12.7 Å². The van der Waals surface area contributed by atoms with Crippen LogP contribution in [0.2, 0.25) is 0 Å². The first-order valence-corrected chi connectivity index (χ1v) is 12.1. The molecule has 1 aromatic carbocycles. The van der Waals surface area contributed by atoms with Crippen LogP contribution in [-0.4, -0.2) is 37.6 Å². The van der Waals surface area contributed by atoms with E-state index >= 15 is 0 Å². The molecule has 182 valence electrons. The molecule has 5 rings (SSSR count). The molecule has 4 heterocycles. The summed E-state index contributed by atoms with van der Waals surface area (Å²) >= 11 is 5.84. The fraction of sp³-hybridized carbons (Fsp3) is 0.214. The second kappa shape index (κ2) is 9.91. The van der Waals surface area contributed by atoms with E-state index in [0.29, 0.717) is 17.2 Å². The van der Waals surface area contributed by atoms with E-state index in [-0.39, 0.29) is 18.1 Å². The van der Waals surface area contributed by atoms with Crippen molar-refractivity contribution in [2.45, 2.75) is 32.5 Å². The van der Waals surface area contributed by atoms with Crippen LogP contribution in [0.4, 0.5) is 0 Å². The summed E-state index contributed by atoms with van der Waals surface area (Å²) in [4.78, 5) is 22.9. The molecule has 36 heavy (non-hydrogen) atoms. The minimum atomic E-state index is -0.348. The number of aryl methyl sites for hydroxylation is 1. The third kappa shape index (κ3) is 4.35. The van der Waals surface area contributed by atoms with Crippen molar-refractivity contribution in [2.75, 3.05) is 7.11 Å². The van der Waals surface area contributed by atoms with Crippen molar-refractivity contribution in [3.05, 3.63) is 113 Å². The highest BCUT2D eigenvalue weighted by Gasteiger charge is 2.41. The fourth-order valence-electron chi connectivity index (χ4n) is 4.95. The molecule has 0 amide bonds. The van der Waals surface area contributed by atoms with Crippen LogP contribution in [0, 0.1) is 13.8 Å². The standard InChI is InChI=1S/C28H27N5O2S/c1-18-16-23(19(2)33(18)22-9-7-21(8-10-22)27(34)35-3)26-25(24-6-4-5-13-30-24)31-28(36)32(26)17-20-11-14-29-15-12-20/h4-16,25-26H,17H2,1-3H3,(H,31,36)/t25-,26-/m1/s1. The number of pyridine rings is 2. The third-order valence-corrected chi connectivity index (χ3v) is 6.99. The molecule has 0 saturated carbocycles. The molecule has 1 aliphatic rings. The second-order valence-electron chi connectivity index (χ2n) is 8.81. The van der Waals surface area contributed by atoms with Gasteiger partial charge in [0.2, 0.25) is 0 Å². The molecule has 1 N–H and O–H groups in total. The summed E-state index contributed by atoms with van der Waals surface area (Å²) in [5.41, 5.74) is 6.94. The quantitative estimate of drug-likeness (QED) is 0.302. The number of methoxy groups -OCH3 is 1. The maximum atomic E-state index is 11.9. The maximum absolute atomic E-state index is 11.9. The first-order chi connectivity index (χ1) is 17.5. The number of esters is 1. The number of nitrogens with zero attached hydrogens (tertiary/aromatic N) is 4. The molecule has 0 aliphatic carbocycles. The molecule has 1 aliphatic heterocycles. The summed E-state index contributed by atoms with van der Waals surface area (Å²) in [6.45, 7) is 4.87. The molecule has 4 aromatic rings. The van der Waals surface area contributed by atoms with Gasteiger partial charge in [0.15, 0.2) is 5.11 Å². The van der Waals surface area contributed by atoms with Crippen molar-refractivity contribution < 1.29 is 9.53 Å². The predicted molar refractivity (Wildman–Crippen MR) is 142 cm³/mol. The second-order valence-corrected chi connectivity index (χ2v) is 9.20. The Kier molecular flexibility index (Phi) is 6.52. The van der Waals surface area contributed by atoms with E-state index in [1.54, 1.807) is 24.5 Å². The van der Waals surface area contributed by atoms with Crippen molar-refractivity contribution in [3.63, 3.8) is 0 Å². The molecular weight excluding hydrogens is 470 g/mol. The molecule has 1 saturated heterocycles. The van der Waals surface area contributed by atoms with Crippen LogP contribution < -0.4 is 5.32 Å². The van der Waals surface area contributed by atoms with Gasteiger partial charge in [-0.1, -0.05) is 6.07 Å². The Morgan fingerprint density at radius 3 is 2.47 bits per heavy atom.